The normalized spacial score (nSPS) is 19.3. The first kappa shape index (κ1) is 19.8. The third-order valence-corrected chi connectivity index (χ3v) is 6.01. The van der Waals surface area contributed by atoms with Gasteiger partial charge in [-0.15, -0.1) is 10.2 Å². The molecule has 4 rings (SSSR count). The fourth-order valence-corrected chi connectivity index (χ4v) is 4.44. The molecule has 5 nitrogen and oxygen atoms in total. The number of hydrogen-bond donors (Lipinski definition) is 2. The second-order valence-electron chi connectivity index (χ2n) is 7.86. The minimum atomic E-state index is -1.67. The molecule has 1 aromatic carbocycles. The van der Waals surface area contributed by atoms with Crippen LogP contribution in [-0.2, 0) is 6.42 Å². The van der Waals surface area contributed by atoms with Gasteiger partial charge in [0.2, 0.25) is 0 Å². The van der Waals surface area contributed by atoms with E-state index in [2.05, 4.69) is 27.3 Å². The van der Waals surface area contributed by atoms with Crippen molar-refractivity contribution in [1.29, 1.82) is 0 Å². The summed E-state index contributed by atoms with van der Waals surface area (Å²) >= 11 is 0. The van der Waals surface area contributed by atoms with Crippen LogP contribution in [0.15, 0.2) is 24.3 Å². The van der Waals surface area contributed by atoms with Crippen LogP contribution in [-0.4, -0.2) is 45.9 Å². The Labute approximate surface area is 169 Å². The summed E-state index contributed by atoms with van der Waals surface area (Å²) in [6.07, 6.45) is 1.24. The minimum Gasteiger partial charge on any atom is -0.507 e. The fourth-order valence-electron chi connectivity index (χ4n) is 4.44. The van der Waals surface area contributed by atoms with E-state index in [1.807, 2.05) is 13.0 Å². The van der Waals surface area contributed by atoms with Crippen LogP contribution < -0.4 is 5.32 Å². The molecule has 29 heavy (non-hydrogen) atoms. The van der Waals surface area contributed by atoms with Crippen LogP contribution in [0.3, 0.4) is 0 Å². The number of hydrogen-bond acceptors (Lipinski definition) is 5. The van der Waals surface area contributed by atoms with E-state index < -0.39 is 6.08 Å². The molecule has 7 heteroatoms. The highest BCUT2D eigenvalue weighted by atomic mass is 19.3. The van der Waals surface area contributed by atoms with Gasteiger partial charge in [0.15, 0.2) is 0 Å². The maximum absolute atomic E-state index is 13.1. The maximum atomic E-state index is 13.1. The third-order valence-electron chi connectivity index (χ3n) is 6.01. The van der Waals surface area contributed by atoms with E-state index in [9.17, 15) is 13.9 Å². The van der Waals surface area contributed by atoms with Crippen molar-refractivity contribution in [3.05, 3.63) is 41.0 Å². The largest absolute Gasteiger partial charge is 0.507 e. The van der Waals surface area contributed by atoms with E-state index >= 15 is 0 Å². The van der Waals surface area contributed by atoms with Crippen molar-refractivity contribution in [2.24, 2.45) is 0 Å². The number of fused-ring (bicyclic) bond motifs is 1. The van der Waals surface area contributed by atoms with Crippen molar-refractivity contribution in [3.63, 3.8) is 0 Å². The molecule has 1 fully saturated rings. The van der Waals surface area contributed by atoms with Gasteiger partial charge in [0.1, 0.15) is 11.6 Å². The zero-order chi connectivity index (χ0) is 20.5. The lowest BCUT2D eigenvalue weighted by atomic mass is 9.99. The predicted octanol–water partition coefficient (Wildman–Crippen LogP) is 4.61. The monoisotopic (exact) mass is 400 g/mol. The number of halogens is 2. The summed E-state index contributed by atoms with van der Waals surface area (Å²) in [5, 5.41) is 22.9. The van der Waals surface area contributed by atoms with Gasteiger partial charge in [-0.05, 0) is 69.0 Å². The van der Waals surface area contributed by atoms with Crippen LogP contribution in [0.5, 0.6) is 5.75 Å². The van der Waals surface area contributed by atoms with Gasteiger partial charge >= 0.3 is 0 Å². The lowest BCUT2D eigenvalue weighted by Crippen LogP contribution is -2.42. The van der Waals surface area contributed by atoms with E-state index in [-0.39, 0.29) is 17.7 Å². The number of phenols is 1. The molecule has 0 unspecified atom stereocenters. The number of piperidine rings is 1. The van der Waals surface area contributed by atoms with Crippen LogP contribution in [0.4, 0.5) is 14.6 Å². The molecule has 2 aromatic rings. The summed E-state index contributed by atoms with van der Waals surface area (Å²) in [6, 6.07) is 5.59. The van der Waals surface area contributed by atoms with Gasteiger partial charge in [0.25, 0.3) is 6.08 Å². The lowest BCUT2D eigenvalue weighted by molar-refractivity contribution is 0.226. The minimum absolute atomic E-state index is 0.0257. The molecule has 1 saturated heterocycles. The number of allylic oxidation sites excluding steroid dienone is 1. The highest BCUT2D eigenvalue weighted by molar-refractivity contribution is 5.81. The molecule has 0 bridgehead atoms. The van der Waals surface area contributed by atoms with E-state index in [4.69, 9.17) is 0 Å². The summed E-state index contributed by atoms with van der Waals surface area (Å²) < 4.78 is 26.2. The first-order valence-electron chi connectivity index (χ1n) is 10.2. The Morgan fingerprint density at radius 3 is 2.76 bits per heavy atom. The van der Waals surface area contributed by atoms with Crippen molar-refractivity contribution in [1.82, 2.24) is 15.1 Å². The van der Waals surface area contributed by atoms with Gasteiger partial charge in [0.05, 0.1) is 5.69 Å². The standard InChI is InChI=1S/C22H26F2N4O/c1-3-28-10-4-5-14(12-28)25-19-11-13(2)20(27-26-19)18-9-6-15-16(21(18)29)7-8-17(15)22(23)24/h6,9,11,14,29H,3-5,7-8,10,12H2,1-2H3,(H,25,26)/t14-/m1/s1. The topological polar surface area (TPSA) is 61.3 Å². The molecule has 2 aliphatic rings. The number of nitrogens with zero attached hydrogens (tertiary/aromatic N) is 3. The Kier molecular flexibility index (Phi) is 5.50. The van der Waals surface area contributed by atoms with Crippen LogP contribution in [0, 0.1) is 6.92 Å². The van der Waals surface area contributed by atoms with Crippen molar-refractivity contribution >= 4 is 11.4 Å². The molecular weight excluding hydrogens is 374 g/mol. The average molecular weight is 400 g/mol. The summed E-state index contributed by atoms with van der Waals surface area (Å²) in [5.41, 5.74) is 3.02. The molecule has 1 aromatic heterocycles. The van der Waals surface area contributed by atoms with Gasteiger partial charge in [-0.25, -0.2) is 0 Å². The number of nitrogens with one attached hydrogen (secondary N) is 1. The highest BCUT2D eigenvalue weighted by Crippen LogP contribution is 2.44. The number of rotatable bonds is 4. The molecule has 0 amide bonds. The SMILES string of the molecule is CCN1CCC[C@@H](Nc2cc(C)c(-c3ccc4c(c3O)CCC4=C(F)F)nn2)C1. The van der Waals surface area contributed by atoms with E-state index in [1.54, 1.807) is 12.1 Å². The molecule has 1 aliphatic heterocycles. The zero-order valence-corrected chi connectivity index (χ0v) is 16.8. The number of phenolic OH excluding ortho intramolecular Hbond substituents is 1. The number of anilines is 1. The summed E-state index contributed by atoms with van der Waals surface area (Å²) in [6.45, 7) is 7.27. The van der Waals surface area contributed by atoms with Crippen molar-refractivity contribution in [2.75, 3.05) is 25.0 Å². The highest BCUT2D eigenvalue weighted by Gasteiger charge is 2.26. The fraction of sp³-hybridized carbons (Fsp3) is 0.455. The third kappa shape index (κ3) is 3.83. The number of aromatic nitrogens is 2. The summed E-state index contributed by atoms with van der Waals surface area (Å²) in [4.78, 5) is 2.42. The number of benzene rings is 1. The maximum Gasteiger partial charge on any atom is 0.274 e. The average Bonchev–Trinajstić information content (AvgIpc) is 3.14. The van der Waals surface area contributed by atoms with Gasteiger partial charge < -0.3 is 15.3 Å². The zero-order valence-electron chi connectivity index (χ0n) is 16.8. The molecule has 154 valence electrons. The van der Waals surface area contributed by atoms with E-state index in [0.29, 0.717) is 34.8 Å². The quantitative estimate of drug-likeness (QED) is 0.785. The Hall–Kier alpha value is -2.54. The van der Waals surface area contributed by atoms with Crippen LogP contribution in [0.2, 0.25) is 0 Å². The van der Waals surface area contributed by atoms with Gasteiger partial charge in [0, 0.05) is 29.3 Å². The smallest absolute Gasteiger partial charge is 0.274 e. The molecule has 0 saturated carbocycles. The Balaban J connectivity index is 1.58. The Bertz CT molecular complexity index is 956. The summed E-state index contributed by atoms with van der Waals surface area (Å²) in [7, 11) is 0. The molecule has 0 spiro atoms. The molecule has 1 aliphatic carbocycles. The number of aromatic hydroxyl groups is 1. The van der Waals surface area contributed by atoms with Gasteiger partial charge in [-0.3, -0.25) is 0 Å². The van der Waals surface area contributed by atoms with Gasteiger partial charge in [-0.2, -0.15) is 8.78 Å². The molecular formula is C22H26F2N4O. The Morgan fingerprint density at radius 1 is 1.24 bits per heavy atom. The first-order chi connectivity index (χ1) is 14.0. The van der Waals surface area contributed by atoms with Crippen LogP contribution >= 0.6 is 0 Å². The van der Waals surface area contributed by atoms with Crippen molar-refractivity contribution in [2.45, 2.75) is 45.6 Å². The van der Waals surface area contributed by atoms with Crippen molar-refractivity contribution in [3.8, 4) is 17.0 Å². The van der Waals surface area contributed by atoms with Crippen molar-refractivity contribution < 1.29 is 13.9 Å². The molecule has 1 atom stereocenters. The molecule has 2 N–H and O–H groups in total. The molecule has 0 radical (unpaired) electrons. The van der Waals surface area contributed by atoms with E-state index in [1.165, 1.54) is 0 Å². The van der Waals surface area contributed by atoms with Crippen LogP contribution in [0.25, 0.3) is 16.8 Å². The summed E-state index contributed by atoms with van der Waals surface area (Å²) in [5.74, 6) is 0.752. The number of likely N-dealkylation sites (N-methyl/N-ethyl adjacent to an activating group) is 1. The van der Waals surface area contributed by atoms with Gasteiger partial charge in [-0.1, -0.05) is 13.0 Å². The van der Waals surface area contributed by atoms with Crippen LogP contribution in [0.1, 0.15) is 42.9 Å². The predicted molar refractivity (Wildman–Crippen MR) is 110 cm³/mol. The number of likely N-dealkylation sites (tertiary alicyclic amines) is 1. The van der Waals surface area contributed by atoms with E-state index in [0.717, 1.165) is 43.9 Å². The Morgan fingerprint density at radius 2 is 2.03 bits per heavy atom. The first-order valence-corrected chi connectivity index (χ1v) is 10.2. The lowest BCUT2D eigenvalue weighted by Gasteiger charge is -2.32. The molecule has 2 heterocycles. The second kappa shape index (κ2) is 8.06. The second-order valence-corrected chi connectivity index (χ2v) is 7.86. The number of aryl methyl sites for hydroxylation is 1.